The number of carbonyl (C=O) groups excluding carboxylic acids is 2. The minimum atomic E-state index is -4.97. The van der Waals surface area contributed by atoms with Gasteiger partial charge >= 0.3 is 31.8 Å². The van der Waals surface area contributed by atoms with Crippen molar-refractivity contribution < 1.29 is 101 Å². The fourth-order valence-electron chi connectivity index (χ4n) is 7.10. The van der Waals surface area contributed by atoms with Gasteiger partial charge in [0.2, 0.25) is 0 Å². The molecule has 0 aliphatic heterocycles. The van der Waals surface area contributed by atoms with Gasteiger partial charge in [0.15, 0.2) is 11.6 Å². The highest BCUT2D eigenvalue weighted by molar-refractivity contribution is 7.86. The number of hydrogen-bond acceptors (Lipinski definition) is 20. The lowest BCUT2D eigenvalue weighted by Gasteiger charge is -2.32. The number of ether oxygens (including phenoxy) is 3. The first kappa shape index (κ1) is 61.4. The first-order valence-corrected chi connectivity index (χ1v) is 28.2. The van der Waals surface area contributed by atoms with E-state index in [1.807, 2.05) is 26.0 Å². The van der Waals surface area contributed by atoms with E-state index >= 15 is 0 Å². The fraction of sp³-hybridized carbons (Fsp3) is 0.0833. The molecule has 77 heavy (non-hydrogen) atoms. The first-order valence-electron chi connectivity index (χ1n) is 20.8. The predicted molar refractivity (Wildman–Crippen MR) is 267 cm³/mol. The van der Waals surface area contributed by atoms with Gasteiger partial charge in [-0.25, -0.2) is 0 Å². The largest absolute Gasteiger partial charge is 0.497 e. The molecule has 0 saturated heterocycles. The number of rotatable bonds is 15. The van der Waals surface area contributed by atoms with Crippen LogP contribution in [-0.4, -0.2) is 95.5 Å². The van der Waals surface area contributed by atoms with Crippen molar-refractivity contribution in [3.05, 3.63) is 202 Å². The lowest BCUT2D eigenvalue weighted by molar-refractivity contribution is 0.103. The number of methoxy groups -OCH3 is 1. The number of hydrogen-bond donors (Lipinski definition) is 3. The van der Waals surface area contributed by atoms with Crippen LogP contribution in [0.15, 0.2) is 172 Å². The minimum Gasteiger partial charge on any atom is -0.497 e. The Morgan fingerprint density at radius 1 is 0.429 bits per heavy atom. The Labute approximate surface area is 443 Å². The molecular weight excluding hydrogens is 1140 g/mol. The zero-order valence-electron chi connectivity index (χ0n) is 39.5. The zero-order chi connectivity index (χ0) is 57.6. The van der Waals surface area contributed by atoms with E-state index in [1.165, 1.54) is 36.4 Å². The van der Waals surface area contributed by atoms with Crippen molar-refractivity contribution in [3.63, 3.8) is 0 Å². The van der Waals surface area contributed by atoms with Gasteiger partial charge in [0.25, 0.3) is 30.4 Å². The summed E-state index contributed by atoms with van der Waals surface area (Å²) in [4.78, 5) is 24.6. The van der Waals surface area contributed by atoms with Crippen LogP contribution in [0.4, 0.5) is 0 Å². The first-order chi connectivity index (χ1) is 35.8. The van der Waals surface area contributed by atoms with Crippen LogP contribution in [0.2, 0.25) is 0 Å². The van der Waals surface area contributed by atoms with Crippen LogP contribution in [0.3, 0.4) is 0 Å². The van der Waals surface area contributed by atoms with Crippen LogP contribution in [0.1, 0.15) is 61.0 Å². The molecule has 404 valence electrons. The highest BCUT2D eigenvalue weighted by Crippen LogP contribution is 2.42. The third-order valence-corrected chi connectivity index (χ3v) is 13.3. The second kappa shape index (κ2) is 26.1. The van der Waals surface area contributed by atoms with Crippen LogP contribution in [0.5, 0.6) is 28.7 Å². The van der Waals surface area contributed by atoms with E-state index in [4.69, 9.17) is 52.1 Å². The van der Waals surface area contributed by atoms with E-state index in [0.717, 1.165) is 46.5 Å². The summed E-state index contributed by atoms with van der Waals surface area (Å²) in [6.45, 7) is 3.82. The maximum atomic E-state index is 13.3. The van der Waals surface area contributed by atoms with E-state index < -0.39 is 93.8 Å². The lowest BCUT2D eigenvalue weighted by atomic mass is 9.71. The third kappa shape index (κ3) is 17.5. The molecule has 0 aliphatic carbocycles. The van der Waals surface area contributed by atoms with Crippen LogP contribution < -0.4 is 14.2 Å². The van der Waals surface area contributed by atoms with Gasteiger partial charge in [-0.1, -0.05) is 78.4 Å². The average Bonchev–Trinajstić information content (AvgIpc) is 3.35. The Kier molecular flexibility index (Phi) is 20.8. The van der Waals surface area contributed by atoms with Crippen LogP contribution >= 0.6 is 0 Å². The molecule has 1 unspecified atom stereocenters. The zero-order valence-corrected chi connectivity index (χ0v) is 44.4. The topological polar surface area (TPSA) is 379 Å². The summed E-state index contributed by atoms with van der Waals surface area (Å²) in [5, 5.41) is 0. The molecule has 7 aromatic rings. The van der Waals surface area contributed by atoms with Crippen LogP contribution in [-0.2, 0) is 67.6 Å². The molecule has 0 amide bonds. The highest BCUT2D eigenvalue weighted by Gasteiger charge is 2.32. The van der Waals surface area contributed by atoms with Crippen molar-refractivity contribution >= 4 is 73.7 Å². The summed E-state index contributed by atoms with van der Waals surface area (Å²) in [6, 6.07) is 39.1. The van der Waals surface area contributed by atoms with Gasteiger partial charge in [-0.2, -0.15) is 25.3 Å². The highest BCUT2D eigenvalue weighted by atomic mass is 32.2. The van der Waals surface area contributed by atoms with E-state index in [0.29, 0.717) is 11.3 Å². The third-order valence-electron chi connectivity index (χ3n) is 10.7. The van der Waals surface area contributed by atoms with Crippen LogP contribution in [0, 0.1) is 6.92 Å². The molecule has 0 radical (unpaired) electrons. The summed E-state index contributed by atoms with van der Waals surface area (Å²) in [5.41, 5.74) is 2.32. The Bertz CT molecular complexity index is 3960. The van der Waals surface area contributed by atoms with Gasteiger partial charge in [0.1, 0.15) is 38.5 Å². The quantitative estimate of drug-likeness (QED) is 0.0590. The van der Waals surface area contributed by atoms with Crippen molar-refractivity contribution in [1.29, 1.82) is 0 Å². The summed E-state index contributed by atoms with van der Waals surface area (Å²) < 4.78 is 196. The van der Waals surface area contributed by atoms with Crippen molar-refractivity contribution in [2.24, 2.45) is 0 Å². The molecule has 0 spiro atoms. The minimum absolute atomic E-state index is 0.0316. The molecule has 0 saturated carbocycles. The normalized spacial score (nSPS) is 11.7. The lowest BCUT2D eigenvalue weighted by Crippen LogP contribution is -2.25. The van der Waals surface area contributed by atoms with Gasteiger partial charge in [-0.05, 0) is 115 Å². The van der Waals surface area contributed by atoms with Crippen molar-refractivity contribution in [3.8, 4) is 28.7 Å². The van der Waals surface area contributed by atoms with E-state index in [-0.39, 0.29) is 39.7 Å². The summed E-state index contributed by atoms with van der Waals surface area (Å²) >= 11 is 0. The SMILES string of the molecule is COc1ccc(C(C)(c2ccc(Oc3ccc(C(=O)c4ccc(C)cc4)cc3S(=O)(=O)O)cc2)c2ccc(Oc3ccc(C(=O)c4cccc(S(=O)(=O)O)c4)cc3S(=O)(=O)O)cc2)cc1.O=S(=O)=O.O=S(=O)=O.O=S(=O)=O. The molecule has 7 aromatic carbocycles. The van der Waals surface area contributed by atoms with Gasteiger partial charge in [0, 0.05) is 27.7 Å². The van der Waals surface area contributed by atoms with E-state index in [2.05, 4.69) is 0 Å². The van der Waals surface area contributed by atoms with Gasteiger partial charge in [0.05, 0.1) is 12.0 Å². The fourth-order valence-corrected chi connectivity index (χ4v) is 8.90. The van der Waals surface area contributed by atoms with Crippen molar-refractivity contribution in [2.45, 2.75) is 33.9 Å². The smallest absolute Gasteiger partial charge is 0.425 e. The second-order valence-electron chi connectivity index (χ2n) is 15.5. The van der Waals surface area contributed by atoms with Crippen molar-refractivity contribution in [2.75, 3.05) is 7.11 Å². The summed E-state index contributed by atoms with van der Waals surface area (Å²) in [5.74, 6) is -0.789. The molecule has 0 fully saturated rings. The van der Waals surface area contributed by atoms with E-state index in [1.54, 1.807) is 92.0 Å². The van der Waals surface area contributed by atoms with Crippen molar-refractivity contribution in [1.82, 2.24) is 0 Å². The Balaban J connectivity index is 0.000000966. The summed E-state index contributed by atoms with van der Waals surface area (Å²) in [7, 11) is -22.2. The monoisotopic (exact) mass is 1170 g/mol. The molecule has 29 heteroatoms. The molecule has 0 aromatic heterocycles. The Morgan fingerprint density at radius 2 is 0.753 bits per heavy atom. The molecule has 0 heterocycles. The maximum Gasteiger partial charge on any atom is 0.425 e. The summed E-state index contributed by atoms with van der Waals surface area (Å²) in [6.07, 6.45) is 0. The molecule has 0 bridgehead atoms. The molecule has 23 nitrogen and oxygen atoms in total. The standard InChI is InChI=1S/C48H38O14S3.3O3S/c1-30-7-9-31(10-8-30)46(49)33-11-25-42(44(28-33)64(54,55)56)61-39-21-15-36(16-22-39)48(2,35-13-19-38(60-3)20-14-35)37-17-23-40(24-18-37)62-43-26-12-34(29-45(43)65(57,58)59)47(50)32-5-4-6-41(27-32)63(51,52)53;3*1-4(2)3/h4-29H,1-3H3,(H,51,52,53)(H,54,55,56)(H,57,58,59);;;. The molecular formula is C48H38O23S6. The number of carbonyl (C=O) groups is 2. The number of ketones is 2. The predicted octanol–water partition coefficient (Wildman–Crippen LogP) is 6.13. The average molecular weight is 1180 g/mol. The molecule has 0 aliphatic rings. The molecule has 3 N–H and O–H groups in total. The van der Waals surface area contributed by atoms with Gasteiger partial charge in [-0.15, -0.1) is 37.9 Å². The maximum absolute atomic E-state index is 13.3. The van der Waals surface area contributed by atoms with Gasteiger partial charge < -0.3 is 14.2 Å². The van der Waals surface area contributed by atoms with E-state index in [9.17, 15) is 48.5 Å². The van der Waals surface area contributed by atoms with Gasteiger partial charge in [-0.3, -0.25) is 23.2 Å². The Morgan fingerprint density at radius 3 is 1.09 bits per heavy atom. The number of benzene rings is 7. The molecule has 1 atom stereocenters. The Hall–Kier alpha value is -8.13. The number of aryl methyl sites for hydroxylation is 1. The van der Waals surface area contributed by atoms with Crippen LogP contribution in [0.25, 0.3) is 0 Å². The molecule has 7 rings (SSSR count). The second-order valence-corrected chi connectivity index (χ2v) is 20.9.